The van der Waals surface area contributed by atoms with E-state index in [0.29, 0.717) is 0 Å². The summed E-state index contributed by atoms with van der Waals surface area (Å²) in [5.74, 6) is 0. The van der Waals surface area contributed by atoms with Crippen molar-refractivity contribution in [2.75, 3.05) is 0 Å². The molecule has 0 bridgehead atoms. The second-order valence-electron chi connectivity index (χ2n) is 25.9. The molecule has 92 heavy (non-hydrogen) atoms. The van der Waals surface area contributed by atoms with Gasteiger partial charge in [-0.2, -0.15) is 0 Å². The fourth-order valence-electron chi connectivity index (χ4n) is 18.1. The molecule has 4 aliphatic heterocycles. The van der Waals surface area contributed by atoms with Crippen LogP contribution in [0.3, 0.4) is 0 Å². The lowest BCUT2D eigenvalue weighted by atomic mass is 9.33. The summed E-state index contributed by atoms with van der Waals surface area (Å²) in [6.07, 6.45) is 4.33. The van der Waals surface area contributed by atoms with Gasteiger partial charge in [-0.15, -0.1) is 0 Å². The van der Waals surface area contributed by atoms with Gasteiger partial charge in [-0.25, -0.2) is 0 Å². The average molecular weight is 1160 g/mol. The Morgan fingerprint density at radius 1 is 0.315 bits per heavy atom. The first-order chi connectivity index (χ1) is 45.6. The SMILES string of the molecule is C=C/C=C1/B2c3c(cc(-n4c5ccccc5c5ccccc54)cc3-n3c4ccccc4c4cc(-c5cccc(-c6cc(-c7ccccc7)c7c8c6-n6c9ccccc9c9cccc(c96)B8c6cccc8c9ccccc9n-7c68)c5)cc2c43)-n2c1c(C)c1ccccc12. The second kappa shape index (κ2) is 17.5. The van der Waals surface area contributed by atoms with Crippen molar-refractivity contribution in [3.8, 4) is 61.8 Å². The summed E-state index contributed by atoms with van der Waals surface area (Å²) in [6.45, 7) is 6.64. The van der Waals surface area contributed by atoms with Crippen LogP contribution in [0.15, 0.2) is 286 Å². The molecule has 0 radical (unpaired) electrons. The van der Waals surface area contributed by atoms with Crippen LogP contribution in [0.2, 0.25) is 0 Å². The van der Waals surface area contributed by atoms with Gasteiger partial charge in [-0.05, 0) is 134 Å². The fourth-order valence-corrected chi connectivity index (χ4v) is 18.1. The minimum absolute atomic E-state index is 0.0269. The van der Waals surface area contributed by atoms with Gasteiger partial charge in [0.05, 0.1) is 50.2 Å². The molecule has 9 heterocycles. The van der Waals surface area contributed by atoms with Gasteiger partial charge in [0.1, 0.15) is 0 Å². The minimum Gasteiger partial charge on any atom is -0.310 e. The summed E-state index contributed by atoms with van der Waals surface area (Å²) in [6, 6.07) is 101. The van der Waals surface area contributed by atoms with Crippen molar-refractivity contribution in [1.29, 1.82) is 0 Å². The van der Waals surface area contributed by atoms with Crippen LogP contribution in [-0.4, -0.2) is 36.3 Å². The number of benzene rings is 13. The number of fused-ring (bicyclic) bond motifs is 22. The number of para-hydroxylation sites is 8. The first-order valence-corrected chi connectivity index (χ1v) is 32.2. The molecule has 0 saturated carbocycles. The summed E-state index contributed by atoms with van der Waals surface area (Å²) in [4.78, 5) is 0. The van der Waals surface area contributed by atoms with E-state index in [-0.39, 0.29) is 13.4 Å². The van der Waals surface area contributed by atoms with Crippen molar-refractivity contribution >= 4 is 144 Å². The van der Waals surface area contributed by atoms with Gasteiger partial charge in [-0.3, -0.25) is 0 Å². The summed E-state index contributed by atoms with van der Waals surface area (Å²) in [5.41, 5.74) is 34.6. The van der Waals surface area contributed by atoms with Crippen LogP contribution < -0.4 is 27.3 Å². The van der Waals surface area contributed by atoms with E-state index in [4.69, 9.17) is 0 Å². The normalized spacial score (nSPS) is 13.7. The van der Waals surface area contributed by atoms with E-state index in [1.807, 2.05) is 6.08 Å². The maximum absolute atomic E-state index is 4.46. The molecule has 18 aromatic rings. The van der Waals surface area contributed by atoms with Gasteiger partial charge in [0.2, 0.25) is 0 Å². The van der Waals surface area contributed by atoms with Crippen molar-refractivity contribution in [2.45, 2.75) is 6.92 Å². The zero-order valence-corrected chi connectivity index (χ0v) is 50.2. The first-order valence-electron chi connectivity index (χ1n) is 32.2. The maximum atomic E-state index is 4.46. The molecule has 13 aromatic carbocycles. The van der Waals surface area contributed by atoms with Gasteiger partial charge in [0, 0.05) is 93.2 Å². The molecule has 5 aromatic heterocycles. The Morgan fingerprint density at radius 3 is 1.36 bits per heavy atom. The number of allylic oxidation sites excluding steroid dienone is 2. The molecule has 0 N–H and O–H groups in total. The van der Waals surface area contributed by atoms with E-state index < -0.39 is 0 Å². The third-order valence-electron chi connectivity index (χ3n) is 21.6. The summed E-state index contributed by atoms with van der Waals surface area (Å²) in [5, 5.41) is 11.3. The van der Waals surface area contributed by atoms with E-state index >= 15 is 0 Å². The molecule has 0 saturated heterocycles. The van der Waals surface area contributed by atoms with Crippen LogP contribution in [-0.2, 0) is 0 Å². The number of hydrogen-bond acceptors (Lipinski definition) is 0. The Labute approximate surface area is 529 Å². The minimum atomic E-state index is -0.123. The lowest BCUT2D eigenvalue weighted by Gasteiger charge is -2.36. The van der Waals surface area contributed by atoms with E-state index in [2.05, 4.69) is 309 Å². The quantitative estimate of drug-likeness (QED) is 0.153. The molecule has 7 heteroatoms. The number of aryl methyl sites for hydroxylation is 1. The van der Waals surface area contributed by atoms with Crippen LogP contribution in [0, 0.1) is 6.92 Å². The summed E-state index contributed by atoms with van der Waals surface area (Å²) >= 11 is 0. The molecule has 0 amide bonds. The topological polar surface area (TPSA) is 24.6 Å². The standard InChI is InChI=1S/C85H51B2N5/c1-3-22-66-80-49(2)55-27-7-13-37-70(55)89(80)76-46-54(88-71-38-14-8-28-56(71)57-29-9-15-39-72(57)88)47-77-78(76)87(66)69-45-53(44-65-60-32-12-16-40-73(60)90(77)83(65)69)51-25-19-26-52(43-51)64-48-63(50-23-5-4-6-24-50)84-79-85(64)92-75-42-18-11-31-59(75)62-34-21-36-68(82(62)92)86(79)67-35-20-33-61-58-30-10-17-41-74(58)91(84)81(61)67/h3-48H,1H2,2H3/b66-22+. The molecule has 0 spiro atoms. The van der Waals surface area contributed by atoms with Crippen molar-refractivity contribution in [2.24, 2.45) is 0 Å². The molecule has 0 atom stereocenters. The zero-order valence-electron chi connectivity index (χ0n) is 50.2. The summed E-state index contributed by atoms with van der Waals surface area (Å²) in [7, 11) is 0. The zero-order chi connectivity index (χ0) is 59.9. The van der Waals surface area contributed by atoms with Gasteiger partial charge >= 0.3 is 0 Å². The lowest BCUT2D eigenvalue weighted by Crippen LogP contribution is -2.59. The first kappa shape index (κ1) is 49.1. The van der Waals surface area contributed by atoms with Crippen molar-refractivity contribution in [3.05, 3.63) is 297 Å². The van der Waals surface area contributed by atoms with Gasteiger partial charge < -0.3 is 22.8 Å². The van der Waals surface area contributed by atoms with Crippen LogP contribution in [0.25, 0.3) is 165 Å². The van der Waals surface area contributed by atoms with E-state index in [9.17, 15) is 0 Å². The second-order valence-corrected chi connectivity index (χ2v) is 25.9. The molecule has 0 unspecified atom stereocenters. The summed E-state index contributed by atoms with van der Waals surface area (Å²) < 4.78 is 13.0. The largest absolute Gasteiger partial charge is 0.310 e. The number of aromatic nitrogens is 5. The Balaban J connectivity index is 0.839. The number of rotatable bonds is 5. The molecule has 4 aliphatic rings. The highest BCUT2D eigenvalue weighted by Crippen LogP contribution is 2.49. The molecule has 5 nitrogen and oxygen atoms in total. The maximum Gasteiger partial charge on any atom is 0.252 e. The van der Waals surface area contributed by atoms with Crippen molar-refractivity contribution < 1.29 is 0 Å². The third-order valence-corrected chi connectivity index (χ3v) is 21.6. The van der Waals surface area contributed by atoms with Crippen LogP contribution >= 0.6 is 0 Å². The van der Waals surface area contributed by atoms with Crippen LogP contribution in [0.1, 0.15) is 11.3 Å². The van der Waals surface area contributed by atoms with Crippen molar-refractivity contribution in [3.63, 3.8) is 0 Å². The molecule has 422 valence electrons. The number of hydrogen-bond donors (Lipinski definition) is 0. The fraction of sp³-hybridized carbons (Fsp3) is 0.0118. The average Bonchev–Trinajstić information content (AvgIpc) is 1.41. The predicted octanol–water partition coefficient (Wildman–Crippen LogP) is 17.5. The molecular weight excluding hydrogens is 1110 g/mol. The highest BCUT2D eigenvalue weighted by atomic mass is 15.1. The Bertz CT molecular complexity index is 6440. The molecule has 22 rings (SSSR count). The van der Waals surface area contributed by atoms with Crippen LogP contribution in [0.5, 0.6) is 0 Å². The highest BCUT2D eigenvalue weighted by molar-refractivity contribution is 7.03. The van der Waals surface area contributed by atoms with Gasteiger partial charge in [-0.1, -0.05) is 219 Å². The van der Waals surface area contributed by atoms with Crippen molar-refractivity contribution in [1.82, 2.24) is 22.8 Å². The smallest absolute Gasteiger partial charge is 0.252 e. The van der Waals surface area contributed by atoms with Gasteiger partial charge in [0.15, 0.2) is 0 Å². The Kier molecular flexibility index (Phi) is 9.37. The van der Waals surface area contributed by atoms with E-state index in [1.54, 1.807) is 0 Å². The predicted molar refractivity (Wildman–Crippen MR) is 390 cm³/mol. The number of nitrogens with zero attached hydrogens (tertiary/aromatic N) is 5. The molecule has 0 aliphatic carbocycles. The highest BCUT2D eigenvalue weighted by Gasteiger charge is 2.45. The Morgan fingerprint density at radius 2 is 0.761 bits per heavy atom. The third kappa shape index (κ3) is 5.98. The Hall–Kier alpha value is -11.8. The lowest BCUT2D eigenvalue weighted by molar-refractivity contribution is 1.06. The van der Waals surface area contributed by atoms with Gasteiger partial charge in [0.25, 0.3) is 13.4 Å². The van der Waals surface area contributed by atoms with E-state index in [0.717, 1.165) is 5.69 Å². The van der Waals surface area contributed by atoms with E-state index in [1.165, 1.54) is 198 Å². The molecular formula is C85H51B2N5. The van der Waals surface area contributed by atoms with Crippen LogP contribution in [0.4, 0.5) is 0 Å². The molecule has 0 fully saturated rings. The monoisotopic (exact) mass is 1160 g/mol.